The fourth-order valence-electron chi connectivity index (χ4n) is 5.11. The highest BCUT2D eigenvalue weighted by Crippen LogP contribution is 2.42. The first-order chi connectivity index (χ1) is 10.3. The molecule has 21 heavy (non-hydrogen) atoms. The fraction of sp³-hybridized carbons (Fsp3) is 0.944. The molecule has 5 unspecified atom stereocenters. The van der Waals surface area contributed by atoms with Gasteiger partial charge in [0.2, 0.25) is 5.91 Å². The first-order valence-electron chi connectivity index (χ1n) is 9.16. The summed E-state index contributed by atoms with van der Waals surface area (Å²) in [4.78, 5) is 12.5. The minimum absolute atomic E-state index is 0.262. The Bertz CT molecular complexity index is 357. The second-order valence-corrected chi connectivity index (χ2v) is 7.69. The molecule has 3 fully saturated rings. The van der Waals surface area contributed by atoms with Crippen LogP contribution in [0.3, 0.4) is 0 Å². The first-order valence-corrected chi connectivity index (χ1v) is 9.16. The second kappa shape index (κ2) is 7.13. The lowest BCUT2D eigenvalue weighted by atomic mass is 9.67. The van der Waals surface area contributed by atoms with Crippen LogP contribution in [0.15, 0.2) is 0 Å². The third kappa shape index (κ3) is 3.61. The van der Waals surface area contributed by atoms with Crippen LogP contribution < -0.4 is 5.32 Å². The van der Waals surface area contributed by atoms with Crippen molar-refractivity contribution < 1.29 is 9.90 Å². The van der Waals surface area contributed by atoms with E-state index in [1.807, 2.05) is 0 Å². The molecule has 0 aromatic carbocycles. The van der Waals surface area contributed by atoms with Gasteiger partial charge >= 0.3 is 0 Å². The molecule has 5 atom stereocenters. The molecule has 2 N–H and O–H groups in total. The van der Waals surface area contributed by atoms with Crippen molar-refractivity contribution in [2.75, 3.05) is 13.2 Å². The van der Waals surface area contributed by atoms with Crippen molar-refractivity contribution in [2.45, 2.75) is 64.2 Å². The van der Waals surface area contributed by atoms with Gasteiger partial charge in [-0.05, 0) is 55.8 Å². The van der Waals surface area contributed by atoms with Crippen LogP contribution in [-0.2, 0) is 4.79 Å². The van der Waals surface area contributed by atoms with Crippen LogP contribution in [0, 0.1) is 29.6 Å². The van der Waals surface area contributed by atoms with Crippen molar-refractivity contribution in [1.82, 2.24) is 5.32 Å². The van der Waals surface area contributed by atoms with Crippen LogP contribution in [0.2, 0.25) is 0 Å². The monoisotopic (exact) mass is 293 g/mol. The van der Waals surface area contributed by atoms with Crippen molar-refractivity contribution in [3.05, 3.63) is 0 Å². The summed E-state index contributed by atoms with van der Waals surface area (Å²) < 4.78 is 0. The Morgan fingerprint density at radius 3 is 2.48 bits per heavy atom. The molecule has 1 amide bonds. The van der Waals surface area contributed by atoms with E-state index in [4.69, 9.17) is 0 Å². The van der Waals surface area contributed by atoms with Gasteiger partial charge in [-0.3, -0.25) is 4.79 Å². The number of fused-ring (bicyclic) bond motifs is 1. The molecule has 0 spiro atoms. The number of rotatable bonds is 4. The van der Waals surface area contributed by atoms with E-state index in [2.05, 4.69) is 5.32 Å². The number of nitrogens with one attached hydrogen (secondary N) is 1. The summed E-state index contributed by atoms with van der Waals surface area (Å²) in [5.74, 6) is 3.21. The highest BCUT2D eigenvalue weighted by atomic mass is 16.3. The highest BCUT2D eigenvalue weighted by molar-refractivity contribution is 5.78. The normalized spacial score (nSPS) is 39.8. The Kier molecular flexibility index (Phi) is 5.20. The van der Waals surface area contributed by atoms with E-state index in [-0.39, 0.29) is 12.5 Å². The molecule has 0 aromatic heterocycles. The zero-order chi connectivity index (χ0) is 14.7. The van der Waals surface area contributed by atoms with Crippen molar-refractivity contribution in [3.8, 4) is 0 Å². The zero-order valence-corrected chi connectivity index (χ0v) is 13.2. The topological polar surface area (TPSA) is 49.3 Å². The lowest BCUT2D eigenvalue weighted by Gasteiger charge is -2.38. The zero-order valence-electron chi connectivity index (χ0n) is 13.2. The number of hydrogen-bond acceptors (Lipinski definition) is 2. The number of aliphatic hydroxyl groups is 1. The molecule has 0 saturated heterocycles. The van der Waals surface area contributed by atoms with Gasteiger partial charge in [-0.1, -0.05) is 32.1 Å². The van der Waals surface area contributed by atoms with Gasteiger partial charge in [0.1, 0.15) is 0 Å². The minimum atomic E-state index is 0.262. The molecular formula is C18H31NO2. The summed E-state index contributed by atoms with van der Waals surface area (Å²) in [7, 11) is 0. The Balaban J connectivity index is 1.45. The third-order valence-electron chi connectivity index (χ3n) is 6.50. The van der Waals surface area contributed by atoms with Crippen molar-refractivity contribution >= 4 is 5.91 Å². The van der Waals surface area contributed by atoms with Crippen LogP contribution >= 0.6 is 0 Å². The Morgan fingerprint density at radius 2 is 1.67 bits per heavy atom. The van der Waals surface area contributed by atoms with Crippen LogP contribution in [0.25, 0.3) is 0 Å². The SMILES string of the molecule is O=C(NCC1CCCC1CO)C1CCC2CCCCC2C1. The van der Waals surface area contributed by atoms with E-state index in [1.54, 1.807) is 0 Å². The lowest BCUT2D eigenvalue weighted by Crippen LogP contribution is -2.39. The van der Waals surface area contributed by atoms with Crippen molar-refractivity contribution in [2.24, 2.45) is 29.6 Å². The largest absolute Gasteiger partial charge is 0.396 e. The molecular weight excluding hydrogens is 262 g/mol. The number of carbonyl (C=O) groups is 1. The van der Waals surface area contributed by atoms with Gasteiger partial charge in [0.05, 0.1) is 0 Å². The highest BCUT2D eigenvalue weighted by Gasteiger charge is 2.35. The first kappa shape index (κ1) is 15.3. The predicted octanol–water partition coefficient (Wildman–Crippen LogP) is 3.12. The molecule has 3 saturated carbocycles. The number of aliphatic hydroxyl groups excluding tert-OH is 1. The molecule has 3 nitrogen and oxygen atoms in total. The van der Waals surface area contributed by atoms with Gasteiger partial charge in [-0.15, -0.1) is 0 Å². The Hall–Kier alpha value is -0.570. The molecule has 0 bridgehead atoms. The lowest BCUT2D eigenvalue weighted by molar-refractivity contribution is -0.127. The summed E-state index contributed by atoms with van der Waals surface area (Å²) in [5, 5.41) is 12.6. The average molecular weight is 293 g/mol. The van der Waals surface area contributed by atoms with E-state index in [1.165, 1.54) is 44.9 Å². The molecule has 120 valence electrons. The van der Waals surface area contributed by atoms with E-state index in [9.17, 15) is 9.90 Å². The summed E-state index contributed by atoms with van der Waals surface area (Å²) in [6, 6.07) is 0. The van der Waals surface area contributed by atoms with Crippen LogP contribution in [-0.4, -0.2) is 24.2 Å². The Labute approximate surface area is 128 Å². The molecule has 3 rings (SSSR count). The van der Waals surface area contributed by atoms with Gasteiger partial charge in [0.15, 0.2) is 0 Å². The number of amides is 1. The smallest absolute Gasteiger partial charge is 0.223 e. The summed E-state index contributed by atoms with van der Waals surface area (Å²) in [5.41, 5.74) is 0. The van der Waals surface area contributed by atoms with Gasteiger partial charge in [-0.2, -0.15) is 0 Å². The minimum Gasteiger partial charge on any atom is -0.396 e. The molecule has 0 aliphatic heterocycles. The molecule has 3 heteroatoms. The molecule has 3 aliphatic rings. The van der Waals surface area contributed by atoms with Gasteiger partial charge in [0, 0.05) is 19.1 Å². The quantitative estimate of drug-likeness (QED) is 0.836. The number of hydrogen-bond donors (Lipinski definition) is 2. The number of carbonyl (C=O) groups excluding carboxylic acids is 1. The van der Waals surface area contributed by atoms with Crippen LogP contribution in [0.4, 0.5) is 0 Å². The van der Waals surface area contributed by atoms with Crippen molar-refractivity contribution in [1.29, 1.82) is 0 Å². The summed E-state index contributed by atoms with van der Waals surface area (Å²) >= 11 is 0. The standard InChI is InChI=1S/C18H31NO2/c20-12-17-7-3-6-16(17)11-19-18(21)15-9-8-13-4-1-2-5-14(13)10-15/h13-17,20H,1-12H2,(H,19,21). The molecule has 0 aromatic rings. The van der Waals surface area contributed by atoms with E-state index in [0.717, 1.165) is 37.6 Å². The van der Waals surface area contributed by atoms with Crippen LogP contribution in [0.1, 0.15) is 64.2 Å². The van der Waals surface area contributed by atoms with E-state index >= 15 is 0 Å². The van der Waals surface area contributed by atoms with Gasteiger partial charge < -0.3 is 10.4 Å². The fourth-order valence-corrected chi connectivity index (χ4v) is 5.11. The third-order valence-corrected chi connectivity index (χ3v) is 6.50. The maximum atomic E-state index is 12.5. The Morgan fingerprint density at radius 1 is 0.905 bits per heavy atom. The second-order valence-electron chi connectivity index (χ2n) is 7.69. The average Bonchev–Trinajstić information content (AvgIpc) is 2.99. The molecule has 3 aliphatic carbocycles. The van der Waals surface area contributed by atoms with Crippen molar-refractivity contribution in [3.63, 3.8) is 0 Å². The summed E-state index contributed by atoms with van der Waals surface area (Å²) in [6.45, 7) is 1.07. The molecule has 0 radical (unpaired) electrons. The predicted molar refractivity (Wildman–Crippen MR) is 83.7 cm³/mol. The van der Waals surface area contributed by atoms with E-state index in [0.29, 0.717) is 17.7 Å². The summed E-state index contributed by atoms with van der Waals surface area (Å²) in [6.07, 6.45) is 12.5. The molecule has 0 heterocycles. The van der Waals surface area contributed by atoms with Crippen LogP contribution in [0.5, 0.6) is 0 Å². The maximum Gasteiger partial charge on any atom is 0.223 e. The van der Waals surface area contributed by atoms with Gasteiger partial charge in [0.25, 0.3) is 0 Å². The van der Waals surface area contributed by atoms with E-state index < -0.39 is 0 Å². The maximum absolute atomic E-state index is 12.5. The van der Waals surface area contributed by atoms with Gasteiger partial charge in [-0.25, -0.2) is 0 Å².